The van der Waals surface area contributed by atoms with E-state index in [4.69, 9.17) is 4.52 Å². The molecule has 1 atom stereocenters. The highest BCUT2D eigenvalue weighted by atomic mass is 16.5. The molecule has 0 aliphatic carbocycles. The highest BCUT2D eigenvalue weighted by Crippen LogP contribution is 2.31. The molecule has 1 N–H and O–H groups in total. The lowest BCUT2D eigenvalue weighted by Gasteiger charge is -2.37. The topological polar surface area (TPSA) is 74.7 Å². The van der Waals surface area contributed by atoms with Crippen LogP contribution in [0.25, 0.3) is 11.4 Å². The monoisotopic (exact) mass is 366 g/mol. The van der Waals surface area contributed by atoms with E-state index in [0.29, 0.717) is 12.4 Å². The van der Waals surface area contributed by atoms with Gasteiger partial charge in [-0.15, -0.1) is 0 Å². The molecular formula is C20H22N4O3. The summed E-state index contributed by atoms with van der Waals surface area (Å²) < 4.78 is 6.23. The van der Waals surface area contributed by atoms with Crippen LogP contribution >= 0.6 is 0 Å². The van der Waals surface area contributed by atoms with Crippen molar-refractivity contribution in [3.8, 4) is 11.4 Å². The van der Waals surface area contributed by atoms with Gasteiger partial charge in [-0.05, 0) is 12.1 Å². The SMILES string of the molecule is CN1CCN(CC(O)Cn2c(-c3ccccc3)noc2=O)c2ccccc21. The molecule has 7 nitrogen and oxygen atoms in total. The molecule has 2 heterocycles. The molecule has 0 saturated heterocycles. The highest BCUT2D eigenvalue weighted by molar-refractivity contribution is 5.73. The molecule has 1 aromatic heterocycles. The summed E-state index contributed by atoms with van der Waals surface area (Å²) in [6.07, 6.45) is -0.735. The summed E-state index contributed by atoms with van der Waals surface area (Å²) in [6, 6.07) is 17.5. The Bertz CT molecular complexity index is 967. The van der Waals surface area contributed by atoms with Gasteiger partial charge in [-0.3, -0.25) is 9.09 Å². The number of likely N-dealkylation sites (N-methyl/N-ethyl adjacent to an activating group) is 1. The van der Waals surface area contributed by atoms with Gasteiger partial charge in [0.2, 0.25) is 0 Å². The molecule has 0 radical (unpaired) electrons. The minimum absolute atomic E-state index is 0.126. The van der Waals surface area contributed by atoms with Crippen LogP contribution in [0.4, 0.5) is 11.4 Å². The third kappa shape index (κ3) is 3.46. The van der Waals surface area contributed by atoms with Crippen molar-refractivity contribution in [3.63, 3.8) is 0 Å². The van der Waals surface area contributed by atoms with Crippen molar-refractivity contribution in [2.75, 3.05) is 36.5 Å². The Kier molecular flexibility index (Phi) is 4.68. The van der Waals surface area contributed by atoms with Crippen molar-refractivity contribution in [1.82, 2.24) is 9.72 Å². The maximum absolute atomic E-state index is 12.1. The Labute approximate surface area is 157 Å². The number of hydrogen-bond acceptors (Lipinski definition) is 6. The number of rotatable bonds is 5. The van der Waals surface area contributed by atoms with Crippen molar-refractivity contribution in [2.24, 2.45) is 0 Å². The average Bonchev–Trinajstić information content (AvgIpc) is 3.05. The third-order valence-corrected chi connectivity index (χ3v) is 4.88. The summed E-state index contributed by atoms with van der Waals surface area (Å²) in [7, 11) is 2.06. The van der Waals surface area contributed by atoms with Crippen LogP contribution < -0.4 is 15.6 Å². The fraction of sp³-hybridized carbons (Fsp3) is 0.300. The smallest absolute Gasteiger partial charge is 0.389 e. The van der Waals surface area contributed by atoms with E-state index in [2.05, 4.69) is 34.1 Å². The van der Waals surface area contributed by atoms with Gasteiger partial charge in [-0.1, -0.05) is 47.6 Å². The van der Waals surface area contributed by atoms with Gasteiger partial charge in [-0.25, -0.2) is 4.79 Å². The van der Waals surface area contributed by atoms with Crippen LogP contribution in [0.5, 0.6) is 0 Å². The van der Waals surface area contributed by atoms with Gasteiger partial charge in [0.25, 0.3) is 0 Å². The van der Waals surface area contributed by atoms with Crippen molar-refractivity contribution in [1.29, 1.82) is 0 Å². The number of aliphatic hydroxyl groups excluding tert-OH is 1. The first-order chi connectivity index (χ1) is 13.1. The van der Waals surface area contributed by atoms with Crippen LogP contribution in [0, 0.1) is 0 Å². The number of β-amino-alcohol motifs (C(OH)–C–C–N with tert-alkyl or cyclic N) is 1. The first kappa shape index (κ1) is 17.4. The number of aromatic nitrogens is 2. The molecule has 0 fully saturated rings. The Balaban J connectivity index is 1.53. The molecule has 7 heteroatoms. The van der Waals surface area contributed by atoms with E-state index in [0.717, 1.165) is 30.0 Å². The van der Waals surface area contributed by atoms with Crippen LogP contribution in [0.15, 0.2) is 63.9 Å². The molecule has 1 aliphatic rings. The van der Waals surface area contributed by atoms with Gasteiger partial charge in [0.15, 0.2) is 5.82 Å². The Morgan fingerprint density at radius 1 is 1.04 bits per heavy atom. The Hall–Kier alpha value is -3.06. The highest BCUT2D eigenvalue weighted by Gasteiger charge is 2.23. The van der Waals surface area contributed by atoms with Crippen LogP contribution in [0.1, 0.15) is 0 Å². The first-order valence-electron chi connectivity index (χ1n) is 8.98. The van der Waals surface area contributed by atoms with E-state index in [1.807, 2.05) is 42.5 Å². The van der Waals surface area contributed by atoms with Crippen molar-refractivity contribution < 1.29 is 9.63 Å². The fourth-order valence-electron chi connectivity index (χ4n) is 3.50. The molecule has 27 heavy (non-hydrogen) atoms. The number of anilines is 2. The zero-order chi connectivity index (χ0) is 18.8. The molecule has 0 spiro atoms. The normalized spacial score (nSPS) is 14.9. The first-order valence-corrected chi connectivity index (χ1v) is 8.98. The van der Waals surface area contributed by atoms with Gasteiger partial charge in [0.1, 0.15) is 0 Å². The molecule has 1 aliphatic heterocycles. The van der Waals surface area contributed by atoms with Gasteiger partial charge in [0, 0.05) is 32.2 Å². The summed E-state index contributed by atoms with van der Waals surface area (Å²) in [6.45, 7) is 2.25. The minimum atomic E-state index is -0.735. The lowest BCUT2D eigenvalue weighted by Crippen LogP contribution is -2.44. The second-order valence-corrected chi connectivity index (χ2v) is 6.76. The molecule has 3 aromatic rings. The predicted molar refractivity (Wildman–Crippen MR) is 104 cm³/mol. The third-order valence-electron chi connectivity index (χ3n) is 4.88. The molecule has 0 bridgehead atoms. The lowest BCUT2D eigenvalue weighted by molar-refractivity contribution is 0.156. The number of benzene rings is 2. The quantitative estimate of drug-likeness (QED) is 0.742. The Morgan fingerprint density at radius 2 is 1.74 bits per heavy atom. The number of fused-ring (bicyclic) bond motifs is 1. The maximum atomic E-state index is 12.1. The van der Waals surface area contributed by atoms with Crippen LogP contribution in [-0.2, 0) is 6.54 Å². The van der Waals surface area contributed by atoms with E-state index in [9.17, 15) is 9.90 Å². The molecular weight excluding hydrogens is 344 g/mol. The van der Waals surface area contributed by atoms with E-state index in [1.54, 1.807) is 0 Å². The van der Waals surface area contributed by atoms with Gasteiger partial charge >= 0.3 is 5.76 Å². The zero-order valence-corrected chi connectivity index (χ0v) is 15.2. The van der Waals surface area contributed by atoms with E-state index in [1.165, 1.54) is 4.57 Å². The molecule has 140 valence electrons. The number of nitrogens with zero attached hydrogens (tertiary/aromatic N) is 4. The molecule has 4 rings (SSSR count). The number of para-hydroxylation sites is 2. The van der Waals surface area contributed by atoms with E-state index < -0.39 is 11.9 Å². The summed E-state index contributed by atoms with van der Waals surface area (Å²) >= 11 is 0. The fourth-order valence-corrected chi connectivity index (χ4v) is 3.50. The van der Waals surface area contributed by atoms with Crippen LogP contribution in [0.3, 0.4) is 0 Å². The molecule has 1 unspecified atom stereocenters. The molecule has 2 aromatic carbocycles. The van der Waals surface area contributed by atoms with Gasteiger partial charge in [0.05, 0.1) is 24.0 Å². The van der Waals surface area contributed by atoms with Crippen LogP contribution in [-0.4, -0.2) is 47.6 Å². The standard InChI is InChI=1S/C20H22N4O3/c1-22-11-12-23(18-10-6-5-9-17(18)22)13-16(25)14-24-19(21-27-20(24)26)15-7-3-2-4-8-15/h2-10,16,25H,11-14H2,1H3. The summed E-state index contributed by atoms with van der Waals surface area (Å²) in [5.41, 5.74) is 3.01. The predicted octanol–water partition coefficient (Wildman–Crippen LogP) is 1.82. The van der Waals surface area contributed by atoms with Crippen molar-refractivity contribution in [3.05, 3.63) is 65.1 Å². The van der Waals surface area contributed by atoms with E-state index >= 15 is 0 Å². The van der Waals surface area contributed by atoms with Gasteiger partial charge < -0.3 is 14.9 Å². The average molecular weight is 366 g/mol. The maximum Gasteiger partial charge on any atom is 0.441 e. The van der Waals surface area contributed by atoms with Gasteiger partial charge in [-0.2, -0.15) is 0 Å². The second-order valence-electron chi connectivity index (χ2n) is 6.76. The largest absolute Gasteiger partial charge is 0.441 e. The Morgan fingerprint density at radius 3 is 2.52 bits per heavy atom. The van der Waals surface area contributed by atoms with Crippen molar-refractivity contribution in [2.45, 2.75) is 12.6 Å². The molecule has 0 amide bonds. The minimum Gasteiger partial charge on any atom is -0.389 e. The van der Waals surface area contributed by atoms with Crippen molar-refractivity contribution >= 4 is 11.4 Å². The summed E-state index contributed by atoms with van der Waals surface area (Å²) in [5.74, 6) is -0.134. The summed E-state index contributed by atoms with van der Waals surface area (Å²) in [4.78, 5) is 16.4. The second kappa shape index (κ2) is 7.28. The van der Waals surface area contributed by atoms with Crippen LogP contribution in [0.2, 0.25) is 0 Å². The number of aliphatic hydroxyl groups is 1. The molecule has 0 saturated carbocycles. The summed E-state index contributed by atoms with van der Waals surface area (Å²) in [5, 5.41) is 14.6. The zero-order valence-electron chi connectivity index (χ0n) is 15.2. The van der Waals surface area contributed by atoms with E-state index in [-0.39, 0.29) is 6.54 Å². The lowest BCUT2D eigenvalue weighted by atomic mass is 10.1. The number of hydrogen-bond donors (Lipinski definition) is 1.